The third-order valence-corrected chi connectivity index (χ3v) is 2.98. The van der Waals surface area contributed by atoms with E-state index >= 15 is 0 Å². The maximum atomic E-state index is 9.35. The van der Waals surface area contributed by atoms with Gasteiger partial charge < -0.3 is 4.74 Å². The van der Waals surface area contributed by atoms with Crippen molar-refractivity contribution in [2.75, 3.05) is 7.11 Å². The average Bonchev–Trinajstić information content (AvgIpc) is 2.86. The van der Waals surface area contributed by atoms with E-state index in [1.165, 1.54) is 0 Å². The smallest absolute Gasteiger partial charge is 0.152 e. The molecule has 2 heterocycles. The molecule has 2 aromatic heterocycles. The van der Waals surface area contributed by atoms with Crippen molar-refractivity contribution >= 4 is 5.65 Å². The molecule has 19 heavy (non-hydrogen) atoms. The second kappa shape index (κ2) is 4.46. The molecule has 3 aromatic rings. The number of ether oxygens (including phenoxy) is 1. The highest BCUT2D eigenvalue weighted by Gasteiger charge is 2.13. The van der Waals surface area contributed by atoms with Gasteiger partial charge in [-0.25, -0.2) is 4.98 Å². The number of aromatic nitrogens is 2. The summed E-state index contributed by atoms with van der Waals surface area (Å²) in [7, 11) is 1.62. The van der Waals surface area contributed by atoms with Crippen molar-refractivity contribution in [2.45, 2.75) is 0 Å². The predicted octanol–water partition coefficient (Wildman–Crippen LogP) is 2.88. The van der Waals surface area contributed by atoms with Crippen molar-refractivity contribution < 1.29 is 4.74 Å². The third kappa shape index (κ3) is 1.81. The van der Waals surface area contributed by atoms with Crippen LogP contribution in [0.5, 0.6) is 5.75 Å². The number of nitrogens with zero attached hydrogens (tertiary/aromatic N) is 3. The molecular weight excluding hydrogens is 238 g/mol. The minimum atomic E-state index is 0.531. The molecule has 0 spiro atoms. The van der Waals surface area contributed by atoms with Gasteiger partial charge in [-0.15, -0.1) is 0 Å². The minimum Gasteiger partial charge on any atom is -0.497 e. The lowest BCUT2D eigenvalue weighted by Gasteiger charge is -2.02. The molecule has 0 atom stereocenters. The van der Waals surface area contributed by atoms with Crippen molar-refractivity contribution in [2.24, 2.45) is 0 Å². The van der Waals surface area contributed by atoms with Gasteiger partial charge in [0.2, 0.25) is 0 Å². The summed E-state index contributed by atoms with van der Waals surface area (Å²) in [4.78, 5) is 4.51. The Hall–Kier alpha value is -2.80. The minimum absolute atomic E-state index is 0.531. The fourth-order valence-electron chi connectivity index (χ4n) is 2.07. The van der Waals surface area contributed by atoms with Crippen LogP contribution in [0.15, 0.2) is 48.7 Å². The number of benzene rings is 1. The second-order valence-corrected chi connectivity index (χ2v) is 4.08. The molecule has 0 radical (unpaired) electrons. The number of hydrogen-bond donors (Lipinski definition) is 0. The summed E-state index contributed by atoms with van der Waals surface area (Å²) in [6, 6.07) is 15.4. The monoisotopic (exact) mass is 249 g/mol. The molecule has 0 N–H and O–H groups in total. The molecule has 0 fully saturated rings. The Morgan fingerprint density at radius 2 is 2.11 bits per heavy atom. The standard InChI is InChI=1S/C15H11N3O/c1-19-12-6-4-5-11(9-12)15-13(10-16)18-8-3-2-7-14(18)17-15/h2-9H,1H3. The van der Waals surface area contributed by atoms with Crippen LogP contribution in [-0.4, -0.2) is 16.5 Å². The van der Waals surface area contributed by atoms with Crippen LogP contribution >= 0.6 is 0 Å². The summed E-state index contributed by atoms with van der Waals surface area (Å²) >= 11 is 0. The van der Waals surface area contributed by atoms with Gasteiger partial charge >= 0.3 is 0 Å². The van der Waals surface area contributed by atoms with Crippen LogP contribution in [0.3, 0.4) is 0 Å². The van der Waals surface area contributed by atoms with Crippen LogP contribution in [0.25, 0.3) is 16.9 Å². The van der Waals surface area contributed by atoms with E-state index in [2.05, 4.69) is 11.1 Å². The molecule has 0 saturated carbocycles. The number of imidazole rings is 1. The van der Waals surface area contributed by atoms with Crippen LogP contribution in [-0.2, 0) is 0 Å². The predicted molar refractivity (Wildman–Crippen MR) is 71.9 cm³/mol. The van der Waals surface area contributed by atoms with Crippen molar-refractivity contribution in [3.63, 3.8) is 0 Å². The van der Waals surface area contributed by atoms with Crippen molar-refractivity contribution in [3.8, 4) is 23.1 Å². The molecule has 0 aliphatic rings. The quantitative estimate of drug-likeness (QED) is 0.701. The van der Waals surface area contributed by atoms with Gasteiger partial charge in [0.15, 0.2) is 5.69 Å². The fourth-order valence-corrected chi connectivity index (χ4v) is 2.07. The highest BCUT2D eigenvalue weighted by Crippen LogP contribution is 2.26. The first-order chi connectivity index (χ1) is 9.33. The van der Waals surface area contributed by atoms with Crippen LogP contribution < -0.4 is 4.74 Å². The zero-order valence-corrected chi connectivity index (χ0v) is 10.4. The van der Waals surface area contributed by atoms with E-state index in [9.17, 15) is 5.26 Å². The van der Waals surface area contributed by atoms with Gasteiger partial charge in [-0.3, -0.25) is 4.40 Å². The first kappa shape index (κ1) is 11.3. The molecule has 1 aromatic carbocycles. The topological polar surface area (TPSA) is 50.3 Å². The maximum absolute atomic E-state index is 9.35. The van der Waals surface area contributed by atoms with Gasteiger partial charge in [0.25, 0.3) is 0 Å². The Morgan fingerprint density at radius 1 is 1.21 bits per heavy atom. The first-order valence-corrected chi connectivity index (χ1v) is 5.85. The van der Waals surface area contributed by atoms with E-state index in [0.717, 1.165) is 17.0 Å². The molecule has 4 nitrogen and oxygen atoms in total. The normalized spacial score (nSPS) is 10.3. The summed E-state index contributed by atoms with van der Waals surface area (Å²) in [5, 5.41) is 9.35. The van der Waals surface area contributed by atoms with Crippen LogP contribution in [0, 0.1) is 11.3 Å². The van der Waals surface area contributed by atoms with E-state index in [1.807, 2.05) is 48.7 Å². The lowest BCUT2D eigenvalue weighted by Crippen LogP contribution is -1.88. The average molecular weight is 249 g/mol. The van der Waals surface area contributed by atoms with Crippen LogP contribution in [0.2, 0.25) is 0 Å². The number of rotatable bonds is 2. The van der Waals surface area contributed by atoms with E-state index < -0.39 is 0 Å². The summed E-state index contributed by atoms with van der Waals surface area (Å²) in [5.41, 5.74) is 2.84. The van der Waals surface area contributed by atoms with Gasteiger partial charge in [-0.2, -0.15) is 5.26 Å². The fraction of sp³-hybridized carbons (Fsp3) is 0.0667. The number of pyridine rings is 1. The molecule has 0 bridgehead atoms. The number of nitriles is 1. The molecule has 0 amide bonds. The Labute approximate surface area is 110 Å². The Balaban J connectivity index is 2.27. The lowest BCUT2D eigenvalue weighted by molar-refractivity contribution is 0.415. The van der Waals surface area contributed by atoms with Gasteiger partial charge in [-0.1, -0.05) is 18.2 Å². The number of fused-ring (bicyclic) bond motifs is 1. The molecule has 0 saturated heterocycles. The van der Waals surface area contributed by atoms with Crippen molar-refractivity contribution in [1.82, 2.24) is 9.38 Å². The zero-order valence-electron chi connectivity index (χ0n) is 10.4. The van der Waals surface area contributed by atoms with E-state index in [0.29, 0.717) is 11.4 Å². The van der Waals surface area contributed by atoms with Gasteiger partial charge in [-0.05, 0) is 24.3 Å². The molecule has 92 valence electrons. The van der Waals surface area contributed by atoms with Gasteiger partial charge in [0, 0.05) is 11.8 Å². The van der Waals surface area contributed by atoms with Gasteiger partial charge in [0.05, 0.1) is 7.11 Å². The highest BCUT2D eigenvalue weighted by atomic mass is 16.5. The molecule has 0 aliphatic carbocycles. The summed E-state index contributed by atoms with van der Waals surface area (Å²) in [6.45, 7) is 0. The zero-order chi connectivity index (χ0) is 13.2. The molecule has 3 rings (SSSR count). The summed E-state index contributed by atoms with van der Waals surface area (Å²) in [5.74, 6) is 0.749. The maximum Gasteiger partial charge on any atom is 0.152 e. The van der Waals surface area contributed by atoms with Gasteiger partial charge in [0.1, 0.15) is 23.2 Å². The van der Waals surface area contributed by atoms with Crippen LogP contribution in [0.4, 0.5) is 0 Å². The molecule has 0 unspecified atom stereocenters. The SMILES string of the molecule is COc1cccc(-c2nc3ccccn3c2C#N)c1. The van der Waals surface area contributed by atoms with E-state index in [4.69, 9.17) is 4.74 Å². The van der Waals surface area contributed by atoms with E-state index in [1.54, 1.807) is 11.5 Å². The van der Waals surface area contributed by atoms with Crippen molar-refractivity contribution in [1.29, 1.82) is 5.26 Å². The first-order valence-electron chi connectivity index (χ1n) is 5.85. The Bertz CT molecular complexity index is 783. The summed E-state index contributed by atoms with van der Waals surface area (Å²) in [6.07, 6.45) is 1.84. The third-order valence-electron chi connectivity index (χ3n) is 2.98. The Morgan fingerprint density at radius 3 is 2.89 bits per heavy atom. The number of methoxy groups -OCH3 is 1. The molecular formula is C15H11N3O. The lowest BCUT2D eigenvalue weighted by atomic mass is 10.1. The molecule has 4 heteroatoms. The van der Waals surface area contributed by atoms with Crippen molar-refractivity contribution in [3.05, 3.63) is 54.4 Å². The second-order valence-electron chi connectivity index (χ2n) is 4.08. The molecule has 0 aliphatic heterocycles. The highest BCUT2D eigenvalue weighted by molar-refractivity contribution is 5.70. The van der Waals surface area contributed by atoms with E-state index in [-0.39, 0.29) is 0 Å². The number of hydrogen-bond acceptors (Lipinski definition) is 3. The largest absolute Gasteiger partial charge is 0.497 e. The van der Waals surface area contributed by atoms with Crippen LogP contribution in [0.1, 0.15) is 5.69 Å². The Kier molecular flexibility index (Phi) is 2.66. The summed E-state index contributed by atoms with van der Waals surface area (Å²) < 4.78 is 6.99.